The lowest BCUT2D eigenvalue weighted by molar-refractivity contribution is -0.122. The fourth-order valence-electron chi connectivity index (χ4n) is 5.19. The van der Waals surface area contributed by atoms with E-state index in [0.29, 0.717) is 21.3 Å². The van der Waals surface area contributed by atoms with Crippen molar-refractivity contribution in [3.05, 3.63) is 109 Å². The van der Waals surface area contributed by atoms with Gasteiger partial charge in [0.25, 0.3) is 0 Å². The van der Waals surface area contributed by atoms with Crippen molar-refractivity contribution in [2.24, 2.45) is 5.92 Å². The number of thiazole rings is 1. The van der Waals surface area contributed by atoms with Crippen molar-refractivity contribution in [1.82, 2.24) is 4.57 Å². The summed E-state index contributed by atoms with van der Waals surface area (Å²) in [6.07, 6.45) is 0. The van der Waals surface area contributed by atoms with Crippen molar-refractivity contribution >= 4 is 68.1 Å². The summed E-state index contributed by atoms with van der Waals surface area (Å²) < 4.78 is 2.27. The maximum absolute atomic E-state index is 13.9. The summed E-state index contributed by atoms with van der Waals surface area (Å²) >= 11 is 5.65. The van der Waals surface area contributed by atoms with Crippen LogP contribution in [0.5, 0.6) is 0 Å². The fourth-order valence-corrected chi connectivity index (χ4v) is 8.22. The molecule has 2 aliphatic heterocycles. The number of aromatic nitrogens is 1. The third-order valence-corrected chi connectivity index (χ3v) is 10.0. The number of anilines is 2. The van der Waals surface area contributed by atoms with Gasteiger partial charge in [0, 0.05) is 21.0 Å². The molecule has 10 heteroatoms. The Kier molecular flexibility index (Phi) is 6.78. The van der Waals surface area contributed by atoms with Gasteiger partial charge in [0.1, 0.15) is 11.8 Å². The summed E-state index contributed by atoms with van der Waals surface area (Å²) in [7, 11) is 0. The number of nitrogens with one attached hydrogen (secondary N) is 1. The Morgan fingerprint density at radius 2 is 1.69 bits per heavy atom. The van der Waals surface area contributed by atoms with Crippen molar-refractivity contribution in [3.63, 3.8) is 0 Å². The molecule has 39 heavy (non-hydrogen) atoms. The van der Waals surface area contributed by atoms with Crippen LogP contribution in [-0.2, 0) is 20.9 Å². The number of nitrogens with zero attached hydrogens (tertiary/aromatic N) is 2. The van der Waals surface area contributed by atoms with Crippen molar-refractivity contribution in [2.45, 2.75) is 29.7 Å². The van der Waals surface area contributed by atoms with Crippen LogP contribution in [0.25, 0.3) is 0 Å². The van der Waals surface area contributed by atoms with Gasteiger partial charge in [-0.2, -0.15) is 0 Å². The minimum absolute atomic E-state index is 0.191. The average molecular weight is 621 g/mol. The number of halogens is 1. The SMILES string of the molecule is Cc1cccc(NC(=O)Cn2c3c(sc2=O)[C@H](c2ccccc2)C2C(=O)N(c4ccc(Br)cc4)C(=O)C2S3)c1. The highest BCUT2D eigenvalue weighted by atomic mass is 79.9. The number of amides is 3. The van der Waals surface area contributed by atoms with Crippen LogP contribution >= 0.6 is 39.0 Å². The first-order chi connectivity index (χ1) is 18.8. The van der Waals surface area contributed by atoms with Gasteiger partial charge in [-0.05, 0) is 54.4 Å². The second-order valence-corrected chi connectivity index (χ2v) is 12.5. The van der Waals surface area contributed by atoms with E-state index in [1.807, 2.05) is 55.5 Å². The van der Waals surface area contributed by atoms with Gasteiger partial charge in [0.15, 0.2) is 0 Å². The zero-order valence-electron chi connectivity index (χ0n) is 20.7. The second-order valence-electron chi connectivity index (χ2n) is 9.48. The monoisotopic (exact) mass is 619 g/mol. The van der Waals surface area contributed by atoms with Crippen LogP contribution in [-0.4, -0.2) is 27.5 Å². The van der Waals surface area contributed by atoms with Gasteiger partial charge >= 0.3 is 4.87 Å². The lowest BCUT2D eigenvalue weighted by atomic mass is 9.83. The third kappa shape index (κ3) is 4.66. The molecule has 7 nitrogen and oxygen atoms in total. The normalized spacial score (nSPS) is 20.1. The first-order valence-corrected chi connectivity index (χ1v) is 14.8. The minimum atomic E-state index is -0.723. The molecule has 0 bridgehead atoms. The van der Waals surface area contributed by atoms with Gasteiger partial charge in [0.2, 0.25) is 17.7 Å². The number of imide groups is 1. The molecule has 1 saturated heterocycles. The van der Waals surface area contributed by atoms with Crippen molar-refractivity contribution in [3.8, 4) is 0 Å². The van der Waals surface area contributed by atoms with Crippen LogP contribution < -0.4 is 15.1 Å². The third-order valence-electron chi connectivity index (χ3n) is 6.90. The van der Waals surface area contributed by atoms with E-state index in [9.17, 15) is 19.2 Å². The van der Waals surface area contributed by atoms with E-state index < -0.39 is 17.1 Å². The van der Waals surface area contributed by atoms with E-state index in [1.165, 1.54) is 21.2 Å². The van der Waals surface area contributed by atoms with Crippen molar-refractivity contribution in [1.29, 1.82) is 0 Å². The Balaban J connectivity index is 1.40. The number of benzene rings is 3. The van der Waals surface area contributed by atoms with E-state index in [2.05, 4.69) is 21.2 Å². The Labute approximate surface area is 241 Å². The zero-order chi connectivity index (χ0) is 27.3. The number of fused-ring (bicyclic) bond motifs is 2. The summed E-state index contributed by atoms with van der Waals surface area (Å²) in [5, 5.41) is 2.70. The molecule has 6 rings (SSSR count). The van der Waals surface area contributed by atoms with Gasteiger partial charge < -0.3 is 5.32 Å². The molecule has 3 atom stereocenters. The highest BCUT2D eigenvalue weighted by Gasteiger charge is 2.56. The number of carbonyl (C=O) groups is 3. The summed E-state index contributed by atoms with van der Waals surface area (Å²) in [5.41, 5.74) is 3.01. The molecule has 1 N–H and O–H groups in total. The lowest BCUT2D eigenvalue weighted by Gasteiger charge is -2.30. The number of aryl methyl sites for hydroxylation is 1. The standard InChI is InChI=1S/C29H22BrN3O4S2/c1-16-6-5-9-19(14-16)31-21(34)15-32-28-25(39-29(32)37)22(17-7-3-2-4-8-17)23-24(38-28)27(36)33(26(23)35)20-12-10-18(30)11-13-20/h2-14,22-24H,15H2,1H3,(H,31,34)/t22-,23?,24?/m1/s1. The molecule has 3 aromatic carbocycles. The lowest BCUT2D eigenvalue weighted by Crippen LogP contribution is -2.33. The summed E-state index contributed by atoms with van der Waals surface area (Å²) in [4.78, 5) is 55.5. The minimum Gasteiger partial charge on any atom is -0.325 e. The molecule has 2 aliphatic rings. The summed E-state index contributed by atoms with van der Waals surface area (Å²) in [6.45, 7) is 1.74. The predicted molar refractivity (Wildman–Crippen MR) is 156 cm³/mol. The van der Waals surface area contributed by atoms with Crippen LogP contribution in [0.15, 0.2) is 93.2 Å². The molecule has 1 aromatic heterocycles. The fraction of sp³-hybridized carbons (Fsp3) is 0.172. The second kappa shape index (κ2) is 10.3. The van der Waals surface area contributed by atoms with E-state index in [0.717, 1.165) is 26.9 Å². The molecule has 0 radical (unpaired) electrons. The van der Waals surface area contributed by atoms with Gasteiger partial charge in [-0.25, -0.2) is 4.90 Å². The molecule has 1 fully saturated rings. The van der Waals surface area contributed by atoms with Crippen molar-refractivity contribution < 1.29 is 14.4 Å². The van der Waals surface area contributed by atoms with Crippen LogP contribution in [0, 0.1) is 12.8 Å². The van der Waals surface area contributed by atoms with E-state index >= 15 is 0 Å². The molecule has 0 saturated carbocycles. The number of carbonyl (C=O) groups excluding carboxylic acids is 3. The molecule has 3 heterocycles. The maximum Gasteiger partial charge on any atom is 0.308 e. The first-order valence-electron chi connectivity index (χ1n) is 12.3. The molecule has 0 spiro atoms. The van der Waals surface area contributed by atoms with E-state index in [-0.39, 0.29) is 29.1 Å². The molecule has 0 aliphatic carbocycles. The predicted octanol–water partition coefficient (Wildman–Crippen LogP) is 5.42. The number of thioether (sulfide) groups is 1. The molecular formula is C29H22BrN3O4S2. The Bertz CT molecular complexity index is 1670. The highest BCUT2D eigenvalue weighted by Crippen LogP contribution is 2.53. The topological polar surface area (TPSA) is 88.5 Å². The number of hydrogen-bond donors (Lipinski definition) is 1. The average Bonchev–Trinajstić information content (AvgIpc) is 3.36. The number of hydrogen-bond acceptors (Lipinski definition) is 6. The largest absolute Gasteiger partial charge is 0.325 e. The molecular weight excluding hydrogens is 598 g/mol. The Morgan fingerprint density at radius 1 is 0.949 bits per heavy atom. The Hall–Kier alpha value is -3.47. The molecule has 196 valence electrons. The molecule has 3 amide bonds. The van der Waals surface area contributed by atoms with Gasteiger partial charge in [-0.15, -0.1) is 0 Å². The summed E-state index contributed by atoms with van der Waals surface area (Å²) in [5.74, 6) is -2.10. The molecule has 4 aromatic rings. The van der Waals surface area contributed by atoms with Crippen LogP contribution in [0.3, 0.4) is 0 Å². The van der Waals surface area contributed by atoms with Gasteiger partial charge in [-0.1, -0.05) is 81.5 Å². The number of rotatable bonds is 5. The first kappa shape index (κ1) is 25.8. The van der Waals surface area contributed by atoms with Crippen LogP contribution in [0.1, 0.15) is 21.9 Å². The maximum atomic E-state index is 13.9. The van der Waals surface area contributed by atoms with Crippen molar-refractivity contribution in [2.75, 3.05) is 10.2 Å². The van der Waals surface area contributed by atoms with Crippen LogP contribution in [0.2, 0.25) is 0 Å². The molecule has 2 unspecified atom stereocenters. The smallest absolute Gasteiger partial charge is 0.308 e. The highest BCUT2D eigenvalue weighted by molar-refractivity contribution is 9.10. The zero-order valence-corrected chi connectivity index (χ0v) is 23.9. The van der Waals surface area contributed by atoms with Gasteiger partial charge in [-0.3, -0.25) is 23.7 Å². The van der Waals surface area contributed by atoms with E-state index in [4.69, 9.17) is 0 Å². The van der Waals surface area contributed by atoms with Crippen LogP contribution in [0.4, 0.5) is 11.4 Å². The summed E-state index contributed by atoms with van der Waals surface area (Å²) in [6, 6.07) is 24.0. The van der Waals surface area contributed by atoms with E-state index in [1.54, 1.807) is 30.3 Å². The quantitative estimate of drug-likeness (QED) is 0.302. The van der Waals surface area contributed by atoms with Gasteiger partial charge in [0.05, 0.1) is 16.6 Å². The Morgan fingerprint density at radius 3 is 2.41 bits per heavy atom.